The molecule has 0 saturated heterocycles. The zero-order chi connectivity index (χ0) is 15.0. The lowest BCUT2D eigenvalue weighted by Crippen LogP contribution is -2.34. The molecule has 3 rings (SSSR count). The molecule has 0 atom stereocenters. The lowest BCUT2D eigenvalue weighted by Gasteiger charge is -2.18. The van der Waals surface area contributed by atoms with Gasteiger partial charge in [-0.3, -0.25) is 4.79 Å². The van der Waals surface area contributed by atoms with Crippen molar-refractivity contribution in [3.05, 3.63) is 29.5 Å². The molecule has 0 aromatic heterocycles. The number of nitrogens with zero attached hydrogens (tertiary/aromatic N) is 1. The fourth-order valence-electron chi connectivity index (χ4n) is 2.13. The second kappa shape index (κ2) is 4.91. The first-order valence-electron chi connectivity index (χ1n) is 6.95. The summed E-state index contributed by atoms with van der Waals surface area (Å²) >= 11 is 0. The number of rotatable bonds is 1. The number of benzene rings is 1. The van der Waals surface area contributed by atoms with Crippen molar-refractivity contribution in [3.8, 4) is 11.5 Å². The van der Waals surface area contributed by atoms with E-state index in [1.54, 1.807) is 6.08 Å². The molecule has 2 aliphatic heterocycles. The van der Waals surface area contributed by atoms with Crippen LogP contribution >= 0.6 is 0 Å². The zero-order valence-corrected chi connectivity index (χ0v) is 12.4. The van der Waals surface area contributed by atoms with Crippen LogP contribution < -0.4 is 14.8 Å². The van der Waals surface area contributed by atoms with Crippen LogP contribution in [0.1, 0.15) is 26.3 Å². The van der Waals surface area contributed by atoms with Crippen LogP contribution in [0.4, 0.5) is 0 Å². The van der Waals surface area contributed by atoms with Crippen molar-refractivity contribution in [2.24, 2.45) is 10.4 Å². The van der Waals surface area contributed by atoms with Crippen LogP contribution in [-0.2, 0) is 4.79 Å². The van der Waals surface area contributed by atoms with Crippen LogP contribution in [0.2, 0.25) is 0 Å². The molecule has 110 valence electrons. The van der Waals surface area contributed by atoms with Crippen molar-refractivity contribution >= 4 is 17.8 Å². The first kappa shape index (κ1) is 13.7. The number of carbonyl (C=O) groups is 1. The molecule has 21 heavy (non-hydrogen) atoms. The molecule has 2 aliphatic rings. The molecule has 1 amide bonds. The SMILES string of the molecule is CC(C)(C)C1=N/C(=C/c2ccc3c(c2)OCCO3)C(=O)N1. The third-order valence-electron chi connectivity index (χ3n) is 3.28. The minimum Gasteiger partial charge on any atom is -0.486 e. The number of hydrogen-bond donors (Lipinski definition) is 1. The molecule has 0 spiro atoms. The Morgan fingerprint density at radius 3 is 2.57 bits per heavy atom. The van der Waals surface area contributed by atoms with Crippen molar-refractivity contribution in [2.75, 3.05) is 13.2 Å². The Morgan fingerprint density at radius 1 is 1.19 bits per heavy atom. The highest BCUT2D eigenvalue weighted by Crippen LogP contribution is 2.32. The zero-order valence-electron chi connectivity index (χ0n) is 12.4. The number of fused-ring (bicyclic) bond motifs is 1. The summed E-state index contributed by atoms with van der Waals surface area (Å²) in [7, 11) is 0. The molecule has 2 heterocycles. The van der Waals surface area contributed by atoms with Gasteiger partial charge in [-0.2, -0.15) is 0 Å². The molecule has 0 radical (unpaired) electrons. The third-order valence-corrected chi connectivity index (χ3v) is 3.28. The predicted octanol–water partition coefficient (Wildman–Crippen LogP) is 2.37. The second-order valence-electron chi connectivity index (χ2n) is 6.10. The standard InChI is InChI=1S/C16H18N2O3/c1-16(2,3)15-17-11(14(19)18-15)8-10-4-5-12-13(9-10)21-7-6-20-12/h4-5,8-9H,6-7H2,1-3H3,(H,17,18,19)/b11-8+. The van der Waals surface area contributed by atoms with Gasteiger partial charge in [-0.1, -0.05) is 26.8 Å². The highest BCUT2D eigenvalue weighted by molar-refractivity contribution is 6.15. The Balaban J connectivity index is 1.91. The number of aliphatic imine (C=N–C) groups is 1. The predicted molar refractivity (Wildman–Crippen MR) is 80.4 cm³/mol. The Labute approximate surface area is 123 Å². The number of carbonyl (C=O) groups excluding carboxylic acids is 1. The molecule has 0 bridgehead atoms. The normalized spacial score (nSPS) is 19.5. The monoisotopic (exact) mass is 286 g/mol. The fourth-order valence-corrected chi connectivity index (χ4v) is 2.13. The molecule has 5 heteroatoms. The summed E-state index contributed by atoms with van der Waals surface area (Å²) in [6, 6.07) is 5.60. The minimum atomic E-state index is -0.182. The van der Waals surface area contributed by atoms with Crippen LogP contribution in [0.5, 0.6) is 11.5 Å². The molecule has 0 aliphatic carbocycles. The van der Waals surface area contributed by atoms with E-state index >= 15 is 0 Å². The smallest absolute Gasteiger partial charge is 0.275 e. The maximum atomic E-state index is 12.0. The summed E-state index contributed by atoms with van der Waals surface area (Å²) in [5.41, 5.74) is 1.10. The largest absolute Gasteiger partial charge is 0.486 e. The van der Waals surface area contributed by atoms with E-state index in [9.17, 15) is 4.79 Å². The summed E-state index contributed by atoms with van der Waals surface area (Å²) in [6.07, 6.45) is 1.76. The first-order valence-corrected chi connectivity index (χ1v) is 6.95. The summed E-state index contributed by atoms with van der Waals surface area (Å²) in [5, 5.41) is 2.81. The molecule has 1 aromatic rings. The molecule has 1 aromatic carbocycles. The number of nitrogens with one attached hydrogen (secondary N) is 1. The van der Waals surface area contributed by atoms with E-state index in [4.69, 9.17) is 9.47 Å². The molecule has 5 nitrogen and oxygen atoms in total. The van der Waals surface area contributed by atoms with Gasteiger partial charge in [0.15, 0.2) is 11.5 Å². The number of amides is 1. The van der Waals surface area contributed by atoms with E-state index in [-0.39, 0.29) is 11.3 Å². The minimum absolute atomic E-state index is 0.171. The van der Waals surface area contributed by atoms with Gasteiger partial charge in [0, 0.05) is 5.41 Å². The summed E-state index contributed by atoms with van der Waals surface area (Å²) in [4.78, 5) is 16.4. The van der Waals surface area contributed by atoms with Crippen LogP contribution in [0, 0.1) is 5.41 Å². The third kappa shape index (κ3) is 2.77. The van der Waals surface area contributed by atoms with Gasteiger partial charge in [0.25, 0.3) is 5.91 Å². The highest BCUT2D eigenvalue weighted by Gasteiger charge is 2.28. The van der Waals surface area contributed by atoms with Crippen LogP contribution in [0.15, 0.2) is 28.9 Å². The van der Waals surface area contributed by atoms with Crippen LogP contribution in [-0.4, -0.2) is 25.0 Å². The molecule has 1 N–H and O–H groups in total. The van der Waals surface area contributed by atoms with E-state index < -0.39 is 0 Å². The van der Waals surface area contributed by atoms with E-state index in [1.165, 1.54) is 0 Å². The maximum absolute atomic E-state index is 12.0. The van der Waals surface area contributed by atoms with Crippen molar-refractivity contribution in [3.63, 3.8) is 0 Å². The number of amidine groups is 1. The van der Waals surface area contributed by atoms with Gasteiger partial charge in [-0.05, 0) is 23.8 Å². The van der Waals surface area contributed by atoms with Crippen molar-refractivity contribution < 1.29 is 14.3 Å². The Kier molecular flexibility index (Phi) is 3.20. The lowest BCUT2D eigenvalue weighted by atomic mass is 9.95. The molecule has 0 saturated carbocycles. The summed E-state index contributed by atoms with van der Waals surface area (Å²) in [5.74, 6) is 1.96. The van der Waals surface area contributed by atoms with Gasteiger partial charge in [0.05, 0.1) is 0 Å². The maximum Gasteiger partial charge on any atom is 0.275 e. The van der Waals surface area contributed by atoms with Crippen LogP contribution in [0.25, 0.3) is 6.08 Å². The fraction of sp³-hybridized carbons (Fsp3) is 0.375. The van der Waals surface area contributed by atoms with Gasteiger partial charge < -0.3 is 14.8 Å². The number of hydrogen-bond acceptors (Lipinski definition) is 4. The van der Waals surface area contributed by atoms with E-state index in [1.807, 2.05) is 39.0 Å². The average molecular weight is 286 g/mol. The van der Waals surface area contributed by atoms with Gasteiger partial charge in [-0.25, -0.2) is 4.99 Å². The second-order valence-corrected chi connectivity index (χ2v) is 6.10. The van der Waals surface area contributed by atoms with Gasteiger partial charge >= 0.3 is 0 Å². The molecule has 0 unspecified atom stereocenters. The van der Waals surface area contributed by atoms with Crippen LogP contribution in [0.3, 0.4) is 0 Å². The Morgan fingerprint density at radius 2 is 1.90 bits per heavy atom. The Bertz CT molecular complexity index is 654. The quantitative estimate of drug-likeness (QED) is 0.806. The Hall–Kier alpha value is -2.30. The van der Waals surface area contributed by atoms with Gasteiger partial charge in [0.2, 0.25) is 0 Å². The summed E-state index contributed by atoms with van der Waals surface area (Å²) in [6.45, 7) is 7.15. The molecular formula is C16H18N2O3. The lowest BCUT2D eigenvalue weighted by molar-refractivity contribution is -0.115. The molecular weight excluding hydrogens is 268 g/mol. The number of ether oxygens (including phenoxy) is 2. The average Bonchev–Trinajstić information content (AvgIpc) is 2.80. The topological polar surface area (TPSA) is 59.9 Å². The van der Waals surface area contributed by atoms with E-state index in [0.29, 0.717) is 30.5 Å². The highest BCUT2D eigenvalue weighted by atomic mass is 16.6. The van der Waals surface area contributed by atoms with Gasteiger partial charge in [-0.15, -0.1) is 0 Å². The van der Waals surface area contributed by atoms with Gasteiger partial charge in [0.1, 0.15) is 24.7 Å². The van der Waals surface area contributed by atoms with Crippen molar-refractivity contribution in [1.82, 2.24) is 5.32 Å². The van der Waals surface area contributed by atoms with E-state index in [2.05, 4.69) is 10.3 Å². The summed E-state index contributed by atoms with van der Waals surface area (Å²) < 4.78 is 11.0. The van der Waals surface area contributed by atoms with E-state index in [0.717, 1.165) is 11.3 Å². The van der Waals surface area contributed by atoms with Crippen molar-refractivity contribution in [2.45, 2.75) is 20.8 Å². The molecule has 0 fully saturated rings. The van der Waals surface area contributed by atoms with Crippen molar-refractivity contribution in [1.29, 1.82) is 0 Å². The first-order chi connectivity index (χ1) is 9.93.